The number of carbonyl (C=O) groups excluding carboxylic acids is 1. The van der Waals surface area contributed by atoms with Gasteiger partial charge in [-0.2, -0.15) is 5.10 Å². The molecule has 0 aliphatic rings. The van der Waals surface area contributed by atoms with Crippen molar-refractivity contribution in [2.24, 2.45) is 0 Å². The maximum atomic E-state index is 11.7. The van der Waals surface area contributed by atoms with Gasteiger partial charge in [-0.25, -0.2) is 0 Å². The third-order valence-corrected chi connectivity index (χ3v) is 3.50. The van der Waals surface area contributed by atoms with Crippen LogP contribution in [0, 0.1) is 13.8 Å². The number of hydrogen-bond acceptors (Lipinski definition) is 3. The monoisotopic (exact) mass is 286 g/mol. The SMILES string of the molecule is Cc1nn(CCC(=O)NCCCN(C)C)c(C)c1Cl. The van der Waals surface area contributed by atoms with Crippen LogP contribution < -0.4 is 5.32 Å². The Hall–Kier alpha value is -1.07. The Balaban J connectivity index is 2.28. The topological polar surface area (TPSA) is 50.2 Å². The first-order chi connectivity index (χ1) is 8.91. The Morgan fingerprint density at radius 2 is 2.11 bits per heavy atom. The summed E-state index contributed by atoms with van der Waals surface area (Å²) in [7, 11) is 4.04. The van der Waals surface area contributed by atoms with Gasteiger partial charge in [-0.15, -0.1) is 0 Å². The van der Waals surface area contributed by atoms with Crippen LogP contribution in [0.15, 0.2) is 0 Å². The van der Waals surface area contributed by atoms with Crippen LogP contribution >= 0.6 is 11.6 Å². The molecule has 0 aliphatic carbocycles. The van der Waals surface area contributed by atoms with Crippen LogP contribution in [-0.4, -0.2) is 47.8 Å². The molecule has 0 unspecified atom stereocenters. The third-order valence-electron chi connectivity index (χ3n) is 2.95. The second kappa shape index (κ2) is 7.50. The summed E-state index contributed by atoms with van der Waals surface area (Å²) in [6, 6.07) is 0. The van der Waals surface area contributed by atoms with Crippen LogP contribution in [0.2, 0.25) is 5.02 Å². The van der Waals surface area contributed by atoms with Crippen molar-refractivity contribution in [3.63, 3.8) is 0 Å². The van der Waals surface area contributed by atoms with Crippen molar-refractivity contribution >= 4 is 17.5 Å². The molecule has 0 saturated carbocycles. The van der Waals surface area contributed by atoms with E-state index in [4.69, 9.17) is 11.6 Å². The van der Waals surface area contributed by atoms with E-state index in [0.29, 0.717) is 18.0 Å². The molecule has 5 nitrogen and oxygen atoms in total. The fourth-order valence-electron chi connectivity index (χ4n) is 1.81. The molecule has 1 aromatic rings. The van der Waals surface area contributed by atoms with Crippen molar-refractivity contribution in [3.05, 3.63) is 16.4 Å². The molecule has 1 amide bonds. The van der Waals surface area contributed by atoms with E-state index in [1.165, 1.54) is 0 Å². The summed E-state index contributed by atoms with van der Waals surface area (Å²) < 4.78 is 1.79. The molecule has 1 heterocycles. The molecule has 0 spiro atoms. The summed E-state index contributed by atoms with van der Waals surface area (Å²) in [5.41, 5.74) is 1.73. The Morgan fingerprint density at radius 3 is 2.63 bits per heavy atom. The lowest BCUT2D eigenvalue weighted by Crippen LogP contribution is -2.28. The number of aryl methyl sites for hydroxylation is 2. The van der Waals surface area contributed by atoms with E-state index in [1.54, 1.807) is 4.68 Å². The average Bonchev–Trinajstić information content (AvgIpc) is 2.59. The van der Waals surface area contributed by atoms with Gasteiger partial charge in [0, 0.05) is 13.0 Å². The molecular weight excluding hydrogens is 264 g/mol. The Morgan fingerprint density at radius 1 is 1.42 bits per heavy atom. The maximum absolute atomic E-state index is 11.7. The zero-order chi connectivity index (χ0) is 14.4. The van der Waals surface area contributed by atoms with Crippen molar-refractivity contribution in [1.29, 1.82) is 0 Å². The van der Waals surface area contributed by atoms with Crippen molar-refractivity contribution < 1.29 is 4.79 Å². The smallest absolute Gasteiger partial charge is 0.221 e. The van der Waals surface area contributed by atoms with Gasteiger partial charge in [-0.1, -0.05) is 11.6 Å². The Bertz CT molecular complexity index is 429. The number of nitrogens with one attached hydrogen (secondary N) is 1. The van der Waals surface area contributed by atoms with Crippen molar-refractivity contribution in [2.45, 2.75) is 33.2 Å². The first kappa shape index (κ1) is 16.0. The second-order valence-corrected chi connectivity index (χ2v) is 5.34. The quantitative estimate of drug-likeness (QED) is 0.775. The fraction of sp³-hybridized carbons (Fsp3) is 0.692. The van der Waals surface area contributed by atoms with E-state index < -0.39 is 0 Å². The lowest BCUT2D eigenvalue weighted by atomic mass is 10.3. The van der Waals surface area contributed by atoms with Gasteiger partial charge in [0.25, 0.3) is 0 Å². The molecule has 0 aliphatic heterocycles. The summed E-state index contributed by atoms with van der Waals surface area (Å²) in [5, 5.41) is 7.90. The van der Waals surface area contributed by atoms with Gasteiger partial charge in [-0.3, -0.25) is 9.48 Å². The maximum Gasteiger partial charge on any atom is 0.221 e. The highest BCUT2D eigenvalue weighted by molar-refractivity contribution is 6.31. The van der Waals surface area contributed by atoms with Gasteiger partial charge < -0.3 is 10.2 Å². The summed E-state index contributed by atoms with van der Waals surface area (Å²) in [5.74, 6) is 0.0578. The molecule has 0 atom stereocenters. The number of hydrogen-bond donors (Lipinski definition) is 1. The van der Waals surface area contributed by atoms with Crippen LogP contribution in [0.4, 0.5) is 0 Å². The number of aromatic nitrogens is 2. The zero-order valence-corrected chi connectivity index (χ0v) is 12.9. The van der Waals surface area contributed by atoms with Crippen LogP contribution in [0.1, 0.15) is 24.2 Å². The van der Waals surface area contributed by atoms with Gasteiger partial charge >= 0.3 is 0 Å². The molecule has 108 valence electrons. The largest absolute Gasteiger partial charge is 0.356 e. The van der Waals surface area contributed by atoms with E-state index in [0.717, 1.165) is 30.9 Å². The van der Waals surface area contributed by atoms with Crippen LogP contribution in [0.25, 0.3) is 0 Å². The molecule has 0 saturated heterocycles. The number of nitrogens with zero attached hydrogens (tertiary/aromatic N) is 3. The van der Waals surface area contributed by atoms with E-state index >= 15 is 0 Å². The Labute approximate surface area is 119 Å². The van der Waals surface area contributed by atoms with Crippen LogP contribution in [0.5, 0.6) is 0 Å². The minimum absolute atomic E-state index is 0.0578. The third kappa shape index (κ3) is 5.20. The van der Waals surface area contributed by atoms with Crippen LogP contribution in [0.3, 0.4) is 0 Å². The first-order valence-electron chi connectivity index (χ1n) is 6.52. The summed E-state index contributed by atoms with van der Waals surface area (Å²) in [4.78, 5) is 13.8. The molecule has 0 radical (unpaired) electrons. The normalized spacial score (nSPS) is 11.1. The number of carbonyl (C=O) groups is 1. The fourth-order valence-corrected chi connectivity index (χ4v) is 1.95. The van der Waals surface area contributed by atoms with Crippen LogP contribution in [-0.2, 0) is 11.3 Å². The molecule has 1 rings (SSSR count). The molecule has 1 N–H and O–H groups in total. The second-order valence-electron chi connectivity index (χ2n) is 4.96. The first-order valence-corrected chi connectivity index (χ1v) is 6.90. The molecule has 1 aromatic heterocycles. The van der Waals surface area contributed by atoms with E-state index in [-0.39, 0.29) is 5.91 Å². The number of amides is 1. The highest BCUT2D eigenvalue weighted by Gasteiger charge is 2.10. The van der Waals surface area contributed by atoms with E-state index in [9.17, 15) is 4.79 Å². The predicted octanol–water partition coefficient (Wildman–Crippen LogP) is 1.61. The summed E-state index contributed by atoms with van der Waals surface area (Å²) in [6.45, 7) is 6.05. The number of halogens is 1. The molecule has 19 heavy (non-hydrogen) atoms. The number of rotatable bonds is 7. The predicted molar refractivity (Wildman–Crippen MR) is 77.5 cm³/mol. The van der Waals surface area contributed by atoms with E-state index in [2.05, 4.69) is 15.3 Å². The molecular formula is C13H23ClN4O. The standard InChI is InChI=1S/C13H23ClN4O/c1-10-13(14)11(2)18(16-10)9-6-12(19)15-7-5-8-17(3)4/h5-9H2,1-4H3,(H,15,19). The van der Waals surface area contributed by atoms with Crippen molar-refractivity contribution in [1.82, 2.24) is 20.0 Å². The Kier molecular flexibility index (Phi) is 6.31. The lowest BCUT2D eigenvalue weighted by molar-refractivity contribution is -0.121. The van der Waals surface area contributed by atoms with E-state index in [1.807, 2.05) is 27.9 Å². The van der Waals surface area contributed by atoms with Gasteiger partial charge in [0.05, 0.1) is 23.0 Å². The average molecular weight is 287 g/mol. The van der Waals surface area contributed by atoms with Gasteiger partial charge in [0.1, 0.15) is 0 Å². The molecule has 0 bridgehead atoms. The summed E-state index contributed by atoms with van der Waals surface area (Å²) in [6.07, 6.45) is 1.39. The molecule has 0 fully saturated rings. The minimum atomic E-state index is 0.0578. The molecule has 6 heteroatoms. The van der Waals surface area contributed by atoms with Crippen molar-refractivity contribution in [2.75, 3.05) is 27.2 Å². The highest BCUT2D eigenvalue weighted by atomic mass is 35.5. The summed E-state index contributed by atoms with van der Waals surface area (Å²) >= 11 is 6.06. The molecule has 0 aromatic carbocycles. The zero-order valence-electron chi connectivity index (χ0n) is 12.2. The minimum Gasteiger partial charge on any atom is -0.356 e. The highest BCUT2D eigenvalue weighted by Crippen LogP contribution is 2.18. The van der Waals surface area contributed by atoms with Gasteiger partial charge in [0.15, 0.2) is 0 Å². The lowest BCUT2D eigenvalue weighted by Gasteiger charge is -2.10. The van der Waals surface area contributed by atoms with Crippen molar-refractivity contribution in [3.8, 4) is 0 Å². The van der Waals surface area contributed by atoms with Gasteiger partial charge in [0.2, 0.25) is 5.91 Å². The van der Waals surface area contributed by atoms with Gasteiger partial charge in [-0.05, 0) is 40.9 Å².